The first-order chi connectivity index (χ1) is 17.8. The van der Waals surface area contributed by atoms with Gasteiger partial charge in [0.1, 0.15) is 5.75 Å². The molecule has 0 aliphatic carbocycles. The molecule has 0 bridgehead atoms. The van der Waals surface area contributed by atoms with E-state index >= 15 is 0 Å². The van der Waals surface area contributed by atoms with Crippen LogP contribution < -0.4 is 4.74 Å². The van der Waals surface area contributed by atoms with E-state index in [0.717, 1.165) is 56.2 Å². The number of esters is 1. The van der Waals surface area contributed by atoms with Crippen LogP contribution in [0.2, 0.25) is 0 Å². The summed E-state index contributed by atoms with van der Waals surface area (Å²) in [4.78, 5) is 12.7. The molecule has 0 aliphatic heterocycles. The van der Waals surface area contributed by atoms with E-state index in [-0.39, 0.29) is 5.56 Å². The third-order valence-corrected chi connectivity index (χ3v) is 5.72. The van der Waals surface area contributed by atoms with Crippen molar-refractivity contribution in [1.29, 1.82) is 0 Å². The van der Waals surface area contributed by atoms with Crippen molar-refractivity contribution < 1.29 is 36.9 Å². The summed E-state index contributed by atoms with van der Waals surface area (Å²) >= 11 is 0. The fourth-order valence-electron chi connectivity index (χ4n) is 3.67. The van der Waals surface area contributed by atoms with Crippen molar-refractivity contribution in [2.75, 3.05) is 20.8 Å². The molecule has 0 aliphatic rings. The van der Waals surface area contributed by atoms with Crippen LogP contribution in [0.4, 0.5) is 13.2 Å². The number of hydrogen-bond donors (Lipinski definition) is 0. The standard InChI is InChI=1S/C29H33F3O5/c1-4-25(37-27(33)28(35-3,29(30,31)32)24-14-10-9-11-15-24)16-12-7-5-6-8-13-21-36-22-23-17-19-26(34-2)20-18-23/h1,9-12,14-20,25H,5-8,13,21-22H2,2-3H3/b16-12+/t25-,28+/m1/s1. The quantitative estimate of drug-likeness (QED) is 0.119. The van der Waals surface area contributed by atoms with E-state index in [4.69, 9.17) is 25.4 Å². The molecule has 0 saturated heterocycles. The molecule has 2 atom stereocenters. The molecule has 2 aromatic rings. The molecule has 5 nitrogen and oxygen atoms in total. The van der Waals surface area contributed by atoms with Crippen LogP contribution in [0.5, 0.6) is 5.75 Å². The number of carbonyl (C=O) groups is 1. The monoisotopic (exact) mass is 518 g/mol. The van der Waals surface area contributed by atoms with Crippen LogP contribution in [0.15, 0.2) is 66.7 Å². The molecular formula is C29H33F3O5. The topological polar surface area (TPSA) is 54.0 Å². The number of methoxy groups -OCH3 is 2. The lowest BCUT2D eigenvalue weighted by Gasteiger charge is -2.32. The van der Waals surface area contributed by atoms with Crippen LogP contribution >= 0.6 is 0 Å². The highest BCUT2D eigenvalue weighted by Crippen LogP contribution is 2.43. The number of benzene rings is 2. The molecule has 37 heavy (non-hydrogen) atoms. The van der Waals surface area contributed by atoms with Crippen molar-refractivity contribution in [1.82, 2.24) is 0 Å². The Hall–Kier alpha value is -3.28. The molecular weight excluding hydrogens is 485 g/mol. The van der Waals surface area contributed by atoms with Crippen LogP contribution in [-0.4, -0.2) is 39.1 Å². The van der Waals surface area contributed by atoms with Gasteiger partial charge in [-0.3, -0.25) is 0 Å². The highest BCUT2D eigenvalue weighted by Gasteiger charge is 2.64. The fraction of sp³-hybridized carbons (Fsp3) is 0.414. The minimum atomic E-state index is -5.05. The molecule has 2 rings (SSSR count). The number of terminal acetylenes is 1. The van der Waals surface area contributed by atoms with Gasteiger partial charge in [0.2, 0.25) is 0 Å². The van der Waals surface area contributed by atoms with Crippen LogP contribution in [0.1, 0.15) is 43.2 Å². The van der Waals surface area contributed by atoms with Crippen LogP contribution in [0.25, 0.3) is 0 Å². The molecule has 200 valence electrons. The summed E-state index contributed by atoms with van der Waals surface area (Å²) < 4.78 is 62.5. The number of rotatable bonds is 15. The molecule has 0 heterocycles. The SMILES string of the molecule is C#C[C@H](/C=C/CCCCCCOCc1ccc(OC)cc1)OC(=O)[C@@](OC)(c1ccccc1)C(F)(F)F. The Kier molecular flexibility index (Phi) is 12.2. The Morgan fingerprint density at radius 1 is 1.00 bits per heavy atom. The Labute approximate surface area is 216 Å². The van der Waals surface area contributed by atoms with Crippen molar-refractivity contribution in [2.45, 2.75) is 56.6 Å². The minimum Gasteiger partial charge on any atom is -0.497 e. The predicted molar refractivity (Wildman–Crippen MR) is 135 cm³/mol. The summed E-state index contributed by atoms with van der Waals surface area (Å²) in [6.07, 6.45) is 6.57. The average Bonchev–Trinajstić information content (AvgIpc) is 2.89. The van der Waals surface area contributed by atoms with E-state index in [0.29, 0.717) is 19.6 Å². The number of unbranched alkanes of at least 4 members (excludes halogenated alkanes) is 4. The first-order valence-electron chi connectivity index (χ1n) is 12.0. The maximum absolute atomic E-state index is 14.0. The summed E-state index contributed by atoms with van der Waals surface area (Å²) in [5, 5.41) is 0. The summed E-state index contributed by atoms with van der Waals surface area (Å²) in [6, 6.07) is 14.3. The lowest BCUT2D eigenvalue weighted by molar-refractivity contribution is -0.276. The summed E-state index contributed by atoms with van der Waals surface area (Å²) in [6.45, 7) is 1.20. The molecule has 8 heteroatoms. The van der Waals surface area contributed by atoms with E-state index in [2.05, 4.69) is 5.92 Å². The molecule has 0 saturated carbocycles. The zero-order valence-electron chi connectivity index (χ0n) is 21.1. The molecule has 2 aromatic carbocycles. The van der Waals surface area contributed by atoms with Gasteiger partial charge in [0.15, 0.2) is 6.10 Å². The lowest BCUT2D eigenvalue weighted by Crippen LogP contribution is -2.52. The maximum atomic E-state index is 14.0. The second-order valence-corrected chi connectivity index (χ2v) is 8.27. The van der Waals surface area contributed by atoms with Gasteiger partial charge in [-0.2, -0.15) is 13.2 Å². The first kappa shape index (κ1) is 29.9. The van der Waals surface area contributed by atoms with Crippen molar-refractivity contribution in [3.05, 3.63) is 77.9 Å². The number of allylic oxidation sites excluding steroid dienone is 1. The van der Waals surface area contributed by atoms with Gasteiger partial charge in [-0.1, -0.05) is 67.3 Å². The highest BCUT2D eigenvalue weighted by molar-refractivity contribution is 5.83. The molecule has 0 fully saturated rings. The Morgan fingerprint density at radius 2 is 1.68 bits per heavy atom. The average molecular weight is 519 g/mol. The van der Waals surface area contributed by atoms with E-state index in [1.54, 1.807) is 13.2 Å². The maximum Gasteiger partial charge on any atom is 0.432 e. The molecule has 0 N–H and O–H groups in total. The zero-order chi connectivity index (χ0) is 27.2. The smallest absolute Gasteiger partial charge is 0.432 e. The first-order valence-corrected chi connectivity index (χ1v) is 12.0. The number of hydrogen-bond acceptors (Lipinski definition) is 5. The summed E-state index contributed by atoms with van der Waals surface area (Å²) in [5.41, 5.74) is -2.58. The van der Waals surface area contributed by atoms with E-state index in [9.17, 15) is 18.0 Å². The fourth-order valence-corrected chi connectivity index (χ4v) is 3.67. The third kappa shape index (κ3) is 8.66. The van der Waals surface area contributed by atoms with E-state index in [1.807, 2.05) is 24.3 Å². The lowest BCUT2D eigenvalue weighted by atomic mass is 9.92. The second-order valence-electron chi connectivity index (χ2n) is 8.27. The van der Waals surface area contributed by atoms with Crippen LogP contribution in [-0.2, 0) is 31.2 Å². The van der Waals surface area contributed by atoms with E-state index in [1.165, 1.54) is 24.3 Å². The van der Waals surface area contributed by atoms with Crippen molar-refractivity contribution in [3.8, 4) is 18.1 Å². The van der Waals surface area contributed by atoms with Crippen LogP contribution in [0.3, 0.4) is 0 Å². The van der Waals surface area contributed by atoms with Gasteiger partial charge in [0.25, 0.3) is 5.60 Å². The Morgan fingerprint density at radius 3 is 2.27 bits per heavy atom. The van der Waals surface area contributed by atoms with Gasteiger partial charge >= 0.3 is 12.1 Å². The van der Waals surface area contributed by atoms with E-state index < -0.39 is 23.9 Å². The zero-order valence-corrected chi connectivity index (χ0v) is 21.1. The predicted octanol–water partition coefficient (Wildman–Crippen LogP) is 6.37. The third-order valence-electron chi connectivity index (χ3n) is 5.72. The Bertz CT molecular complexity index is 1010. The molecule has 0 aromatic heterocycles. The normalized spacial score (nSPS) is 14.1. The Balaban J connectivity index is 1.74. The van der Waals surface area contributed by atoms with Crippen LogP contribution in [0, 0.1) is 12.3 Å². The van der Waals surface area contributed by atoms with Crippen molar-refractivity contribution in [2.24, 2.45) is 0 Å². The largest absolute Gasteiger partial charge is 0.497 e. The number of carbonyl (C=O) groups excluding carboxylic acids is 1. The van der Waals surface area contributed by atoms with Gasteiger partial charge in [-0.05, 0) is 43.0 Å². The summed E-state index contributed by atoms with van der Waals surface area (Å²) in [5.74, 6) is 1.39. The van der Waals surface area contributed by atoms with Crippen molar-refractivity contribution in [3.63, 3.8) is 0 Å². The highest BCUT2D eigenvalue weighted by atomic mass is 19.4. The van der Waals surface area contributed by atoms with Crippen molar-refractivity contribution >= 4 is 5.97 Å². The van der Waals surface area contributed by atoms with Gasteiger partial charge in [-0.25, -0.2) is 4.79 Å². The molecule has 0 radical (unpaired) electrons. The number of ether oxygens (including phenoxy) is 4. The van der Waals surface area contributed by atoms with Gasteiger partial charge in [0, 0.05) is 19.3 Å². The van der Waals surface area contributed by atoms with Gasteiger partial charge in [-0.15, -0.1) is 6.42 Å². The van der Waals surface area contributed by atoms with Gasteiger partial charge in [0.05, 0.1) is 13.7 Å². The number of halogens is 3. The molecule has 0 unspecified atom stereocenters. The second kappa shape index (κ2) is 15.1. The number of alkyl halides is 3. The molecule has 0 spiro atoms. The minimum absolute atomic E-state index is 0.386. The van der Waals surface area contributed by atoms with Gasteiger partial charge < -0.3 is 18.9 Å². The summed E-state index contributed by atoms with van der Waals surface area (Å²) in [7, 11) is 2.44. The molecule has 0 amide bonds.